The lowest BCUT2D eigenvalue weighted by atomic mass is 10.1. The number of hydrogen-bond donors (Lipinski definition) is 4. The van der Waals surface area contributed by atoms with Crippen LogP contribution in [0.4, 0.5) is 0 Å². The van der Waals surface area contributed by atoms with Crippen molar-refractivity contribution in [1.29, 1.82) is 0 Å². The third kappa shape index (κ3) is 6.80. The molecule has 1 aromatic rings. The van der Waals surface area contributed by atoms with E-state index in [-0.39, 0.29) is 5.75 Å². The summed E-state index contributed by atoms with van der Waals surface area (Å²) in [6.45, 7) is 1.60. The summed E-state index contributed by atoms with van der Waals surface area (Å²) in [5.74, 6) is -0.615. The molecule has 0 radical (unpaired) electrons. The van der Waals surface area contributed by atoms with Crippen LogP contribution in [0.5, 0.6) is 5.75 Å². The Labute approximate surface area is 94.4 Å². The Balaban J connectivity index is 0.000000487. The number of aliphatic carboxylic acids is 1. The minimum atomic E-state index is -0.833. The highest BCUT2D eigenvalue weighted by Gasteiger charge is 2.04. The second-order valence-corrected chi connectivity index (χ2v) is 3.18. The fraction of sp³-hybridized carbons (Fsp3) is 0.364. The number of carboxylic acids is 1. The Morgan fingerprint density at radius 3 is 2.19 bits per heavy atom. The van der Waals surface area contributed by atoms with E-state index in [2.05, 4.69) is 5.32 Å². The van der Waals surface area contributed by atoms with Crippen molar-refractivity contribution >= 4 is 5.97 Å². The Morgan fingerprint density at radius 2 is 1.81 bits per heavy atom. The van der Waals surface area contributed by atoms with E-state index in [1.54, 1.807) is 31.3 Å². The van der Waals surface area contributed by atoms with E-state index in [1.807, 2.05) is 0 Å². The van der Waals surface area contributed by atoms with Gasteiger partial charge in [0.15, 0.2) is 0 Å². The first kappa shape index (κ1) is 14.4. The van der Waals surface area contributed by atoms with Gasteiger partial charge in [0.05, 0.1) is 6.10 Å². The zero-order valence-electron chi connectivity index (χ0n) is 9.34. The second kappa shape index (κ2) is 7.67. The first-order valence-electron chi connectivity index (χ1n) is 4.78. The van der Waals surface area contributed by atoms with Crippen molar-refractivity contribution in [3.05, 3.63) is 29.8 Å². The van der Waals surface area contributed by atoms with Gasteiger partial charge in [-0.05, 0) is 24.7 Å². The van der Waals surface area contributed by atoms with Gasteiger partial charge in [0.1, 0.15) is 5.75 Å². The van der Waals surface area contributed by atoms with Crippen LogP contribution in [0.2, 0.25) is 0 Å². The highest BCUT2D eigenvalue weighted by atomic mass is 16.4. The van der Waals surface area contributed by atoms with Crippen molar-refractivity contribution in [2.45, 2.75) is 13.0 Å². The lowest BCUT2D eigenvalue weighted by Crippen LogP contribution is -2.16. The highest BCUT2D eigenvalue weighted by molar-refractivity contribution is 5.62. The molecule has 0 spiro atoms. The second-order valence-electron chi connectivity index (χ2n) is 3.18. The predicted molar refractivity (Wildman–Crippen MR) is 60.3 cm³/mol. The lowest BCUT2D eigenvalue weighted by molar-refractivity contribution is -0.134. The molecule has 0 fully saturated rings. The molecular weight excluding hydrogens is 210 g/mol. The van der Waals surface area contributed by atoms with Crippen LogP contribution >= 0.6 is 0 Å². The van der Waals surface area contributed by atoms with E-state index in [0.29, 0.717) is 6.54 Å². The summed E-state index contributed by atoms with van der Waals surface area (Å²) in [4.78, 5) is 9.00. The molecule has 5 nitrogen and oxygen atoms in total. The van der Waals surface area contributed by atoms with Crippen LogP contribution in [0.15, 0.2) is 24.3 Å². The van der Waals surface area contributed by atoms with Gasteiger partial charge in [-0.1, -0.05) is 12.1 Å². The van der Waals surface area contributed by atoms with Gasteiger partial charge in [0.2, 0.25) is 0 Å². The van der Waals surface area contributed by atoms with Crippen molar-refractivity contribution in [3.63, 3.8) is 0 Å². The molecule has 0 aromatic heterocycles. The van der Waals surface area contributed by atoms with E-state index in [1.165, 1.54) is 0 Å². The van der Waals surface area contributed by atoms with Crippen molar-refractivity contribution in [1.82, 2.24) is 5.32 Å². The molecule has 1 aromatic carbocycles. The SMILES string of the molecule is CC(=O)O.CNCC(O)c1ccc(O)cc1. The molecule has 0 heterocycles. The number of hydrogen-bond acceptors (Lipinski definition) is 4. The number of phenolic OH excluding ortho intramolecular Hbond substituents is 1. The number of aliphatic hydroxyl groups is 1. The average molecular weight is 227 g/mol. The normalized spacial score (nSPS) is 11.2. The molecule has 1 unspecified atom stereocenters. The van der Waals surface area contributed by atoms with E-state index >= 15 is 0 Å². The maximum absolute atomic E-state index is 9.47. The van der Waals surface area contributed by atoms with Crippen molar-refractivity contribution in [2.24, 2.45) is 0 Å². The summed E-state index contributed by atoms with van der Waals surface area (Å²) in [6, 6.07) is 6.54. The predicted octanol–water partition coefficient (Wildman–Crippen LogP) is 0.736. The van der Waals surface area contributed by atoms with Crippen molar-refractivity contribution < 1.29 is 20.1 Å². The monoisotopic (exact) mass is 227 g/mol. The van der Waals surface area contributed by atoms with Crippen molar-refractivity contribution in [3.8, 4) is 5.75 Å². The van der Waals surface area contributed by atoms with Gasteiger partial charge in [-0.25, -0.2) is 0 Å². The molecule has 1 rings (SSSR count). The van der Waals surface area contributed by atoms with Crippen LogP contribution < -0.4 is 5.32 Å². The number of carboxylic acid groups (broad SMARTS) is 1. The smallest absolute Gasteiger partial charge is 0.300 e. The molecule has 0 saturated carbocycles. The number of likely N-dealkylation sites (N-methyl/N-ethyl adjacent to an activating group) is 1. The lowest BCUT2D eigenvalue weighted by Gasteiger charge is -2.09. The average Bonchev–Trinajstić information content (AvgIpc) is 2.18. The Kier molecular flexibility index (Phi) is 6.91. The van der Waals surface area contributed by atoms with Crippen LogP contribution in [-0.4, -0.2) is 34.9 Å². The number of benzene rings is 1. The minimum Gasteiger partial charge on any atom is -0.508 e. The molecule has 4 N–H and O–H groups in total. The van der Waals surface area contributed by atoms with E-state index in [0.717, 1.165) is 12.5 Å². The number of carbonyl (C=O) groups is 1. The summed E-state index contributed by atoms with van der Waals surface area (Å²) in [7, 11) is 1.78. The standard InChI is InChI=1S/C9H13NO2.C2H4O2/c1-10-6-9(12)7-2-4-8(11)5-3-7;1-2(3)4/h2-5,9-12H,6H2,1H3;1H3,(H,3,4). The number of aromatic hydroxyl groups is 1. The maximum atomic E-state index is 9.47. The van der Waals surface area contributed by atoms with Crippen molar-refractivity contribution in [2.75, 3.05) is 13.6 Å². The van der Waals surface area contributed by atoms with Gasteiger partial charge < -0.3 is 20.6 Å². The summed E-state index contributed by atoms with van der Waals surface area (Å²) in [5, 5.41) is 28.7. The molecule has 0 amide bonds. The van der Waals surface area contributed by atoms with Crippen LogP contribution in [0.1, 0.15) is 18.6 Å². The molecule has 0 aliphatic rings. The third-order valence-corrected chi connectivity index (χ3v) is 1.68. The number of phenols is 1. The molecule has 0 bridgehead atoms. The largest absolute Gasteiger partial charge is 0.508 e. The summed E-state index contributed by atoms with van der Waals surface area (Å²) >= 11 is 0. The molecular formula is C11H17NO4. The molecule has 0 saturated heterocycles. The van der Waals surface area contributed by atoms with E-state index in [4.69, 9.17) is 15.0 Å². The van der Waals surface area contributed by atoms with Crippen LogP contribution in [-0.2, 0) is 4.79 Å². The summed E-state index contributed by atoms with van der Waals surface area (Å²) in [5.41, 5.74) is 0.808. The number of rotatable bonds is 3. The number of nitrogens with one attached hydrogen (secondary N) is 1. The number of aliphatic hydroxyl groups excluding tert-OH is 1. The summed E-state index contributed by atoms with van der Waals surface area (Å²) < 4.78 is 0. The van der Waals surface area contributed by atoms with E-state index in [9.17, 15) is 5.11 Å². The maximum Gasteiger partial charge on any atom is 0.300 e. The van der Waals surface area contributed by atoms with Crippen LogP contribution in [0.25, 0.3) is 0 Å². The fourth-order valence-electron chi connectivity index (χ4n) is 1.01. The van der Waals surface area contributed by atoms with Gasteiger partial charge in [0.25, 0.3) is 5.97 Å². The first-order valence-corrected chi connectivity index (χ1v) is 4.78. The fourth-order valence-corrected chi connectivity index (χ4v) is 1.01. The van der Waals surface area contributed by atoms with Gasteiger partial charge in [0, 0.05) is 13.5 Å². The van der Waals surface area contributed by atoms with Crippen LogP contribution in [0, 0.1) is 0 Å². The van der Waals surface area contributed by atoms with Gasteiger partial charge in [-0.15, -0.1) is 0 Å². The third-order valence-electron chi connectivity index (χ3n) is 1.68. The zero-order valence-corrected chi connectivity index (χ0v) is 9.34. The molecule has 0 aliphatic carbocycles. The molecule has 0 aliphatic heterocycles. The summed E-state index contributed by atoms with van der Waals surface area (Å²) in [6.07, 6.45) is -0.504. The minimum absolute atomic E-state index is 0.218. The highest BCUT2D eigenvalue weighted by Crippen LogP contribution is 2.15. The molecule has 5 heteroatoms. The van der Waals surface area contributed by atoms with Gasteiger partial charge >= 0.3 is 0 Å². The van der Waals surface area contributed by atoms with Gasteiger partial charge in [-0.2, -0.15) is 0 Å². The Hall–Kier alpha value is -1.59. The molecule has 90 valence electrons. The van der Waals surface area contributed by atoms with Gasteiger partial charge in [-0.3, -0.25) is 4.79 Å². The topological polar surface area (TPSA) is 89.8 Å². The molecule has 16 heavy (non-hydrogen) atoms. The zero-order chi connectivity index (χ0) is 12.6. The quantitative estimate of drug-likeness (QED) is 0.611. The van der Waals surface area contributed by atoms with E-state index < -0.39 is 12.1 Å². The Bertz CT molecular complexity index is 306. The first-order chi connectivity index (χ1) is 7.47. The Morgan fingerprint density at radius 1 is 1.38 bits per heavy atom. The molecule has 1 atom stereocenters. The van der Waals surface area contributed by atoms with Crippen LogP contribution in [0.3, 0.4) is 0 Å².